The molecular weight excluding hydrogens is 148 g/mol. The van der Waals surface area contributed by atoms with Gasteiger partial charge in [-0.1, -0.05) is 38.5 Å². The molecule has 0 rings (SSSR count). The number of allylic oxidation sites excluding steroid dienone is 1. The Bertz CT molecular complexity index is 160. The van der Waals surface area contributed by atoms with Crippen LogP contribution in [0.3, 0.4) is 0 Å². The van der Waals surface area contributed by atoms with E-state index in [1.54, 1.807) is 13.8 Å². The van der Waals surface area contributed by atoms with E-state index in [0.717, 1.165) is 12.0 Å². The quantitative estimate of drug-likeness (QED) is 0.494. The highest BCUT2D eigenvalue weighted by Crippen LogP contribution is 2.14. The Morgan fingerprint density at radius 3 is 2.50 bits per heavy atom. The fourth-order valence-corrected chi connectivity index (χ4v) is 0.752. The van der Waals surface area contributed by atoms with Gasteiger partial charge < -0.3 is 5.11 Å². The SMILES string of the molecule is C=C(/C=C\CCCC)C(C)(C)O. The van der Waals surface area contributed by atoms with Crippen LogP contribution in [0, 0.1) is 0 Å². The topological polar surface area (TPSA) is 20.2 Å². The molecule has 0 heterocycles. The van der Waals surface area contributed by atoms with Gasteiger partial charge in [0.2, 0.25) is 0 Å². The minimum atomic E-state index is -0.775. The highest BCUT2D eigenvalue weighted by atomic mass is 16.3. The van der Waals surface area contributed by atoms with E-state index >= 15 is 0 Å². The molecule has 0 aliphatic rings. The molecule has 0 atom stereocenters. The van der Waals surface area contributed by atoms with Crippen LogP contribution in [0.1, 0.15) is 40.0 Å². The number of unbranched alkanes of at least 4 members (excludes halogenated alkanes) is 2. The highest BCUT2D eigenvalue weighted by Gasteiger charge is 2.13. The van der Waals surface area contributed by atoms with E-state index in [-0.39, 0.29) is 0 Å². The van der Waals surface area contributed by atoms with Crippen LogP contribution in [-0.2, 0) is 0 Å². The second-order valence-electron chi connectivity index (χ2n) is 3.63. The molecule has 0 fully saturated rings. The average molecular weight is 168 g/mol. The van der Waals surface area contributed by atoms with E-state index in [2.05, 4.69) is 19.6 Å². The maximum Gasteiger partial charge on any atom is 0.0834 e. The van der Waals surface area contributed by atoms with Gasteiger partial charge in [0.05, 0.1) is 5.60 Å². The molecule has 0 saturated heterocycles. The first-order valence-electron chi connectivity index (χ1n) is 4.56. The lowest BCUT2D eigenvalue weighted by Crippen LogP contribution is -2.19. The number of rotatable bonds is 5. The summed E-state index contributed by atoms with van der Waals surface area (Å²) in [6, 6.07) is 0. The first kappa shape index (κ1) is 11.4. The molecule has 0 aromatic carbocycles. The summed E-state index contributed by atoms with van der Waals surface area (Å²) in [4.78, 5) is 0. The van der Waals surface area contributed by atoms with Crippen LogP contribution in [0.5, 0.6) is 0 Å². The van der Waals surface area contributed by atoms with Crippen molar-refractivity contribution >= 4 is 0 Å². The Hall–Kier alpha value is -0.560. The molecule has 0 aliphatic carbocycles. The van der Waals surface area contributed by atoms with Crippen LogP contribution >= 0.6 is 0 Å². The molecule has 1 N–H and O–H groups in total. The Kier molecular flexibility index (Phi) is 4.91. The van der Waals surface area contributed by atoms with Crippen molar-refractivity contribution in [1.82, 2.24) is 0 Å². The molecule has 1 nitrogen and oxygen atoms in total. The zero-order valence-corrected chi connectivity index (χ0v) is 8.43. The third-order valence-electron chi connectivity index (χ3n) is 1.83. The normalized spacial score (nSPS) is 12.3. The van der Waals surface area contributed by atoms with Gasteiger partial charge in [-0.15, -0.1) is 0 Å². The van der Waals surface area contributed by atoms with Crippen molar-refractivity contribution in [2.45, 2.75) is 45.6 Å². The van der Waals surface area contributed by atoms with Gasteiger partial charge >= 0.3 is 0 Å². The van der Waals surface area contributed by atoms with Crippen molar-refractivity contribution < 1.29 is 5.11 Å². The van der Waals surface area contributed by atoms with Crippen LogP contribution in [-0.4, -0.2) is 10.7 Å². The van der Waals surface area contributed by atoms with Crippen molar-refractivity contribution in [3.8, 4) is 0 Å². The predicted octanol–water partition coefficient (Wildman–Crippen LogP) is 3.06. The Labute approximate surface area is 75.8 Å². The van der Waals surface area contributed by atoms with Gasteiger partial charge in [0.15, 0.2) is 0 Å². The maximum absolute atomic E-state index is 9.49. The Morgan fingerprint density at radius 2 is 2.08 bits per heavy atom. The first-order valence-corrected chi connectivity index (χ1v) is 4.56. The molecule has 0 aliphatic heterocycles. The van der Waals surface area contributed by atoms with Crippen LogP contribution < -0.4 is 0 Å². The zero-order valence-electron chi connectivity index (χ0n) is 8.43. The second kappa shape index (κ2) is 5.15. The van der Waals surface area contributed by atoms with Crippen molar-refractivity contribution in [1.29, 1.82) is 0 Å². The molecule has 0 saturated carbocycles. The molecule has 0 amide bonds. The summed E-state index contributed by atoms with van der Waals surface area (Å²) in [5.74, 6) is 0. The minimum Gasteiger partial charge on any atom is -0.386 e. The van der Waals surface area contributed by atoms with Crippen molar-refractivity contribution in [2.24, 2.45) is 0 Å². The minimum absolute atomic E-state index is 0.775. The standard InChI is InChI=1S/C11H20O/c1-5-6-7-8-9-10(2)11(3,4)12/h8-9,12H,2,5-7H2,1,3-4H3/b9-8-. The highest BCUT2D eigenvalue weighted by molar-refractivity contribution is 5.23. The van der Waals surface area contributed by atoms with Gasteiger partial charge in [-0.25, -0.2) is 0 Å². The summed E-state index contributed by atoms with van der Waals surface area (Å²) in [6.07, 6.45) is 7.47. The van der Waals surface area contributed by atoms with Gasteiger partial charge in [0, 0.05) is 0 Å². The van der Waals surface area contributed by atoms with E-state index in [1.165, 1.54) is 12.8 Å². The number of aliphatic hydroxyl groups is 1. The second-order valence-corrected chi connectivity index (χ2v) is 3.63. The van der Waals surface area contributed by atoms with E-state index < -0.39 is 5.60 Å². The van der Waals surface area contributed by atoms with E-state index in [1.807, 2.05) is 6.08 Å². The smallest absolute Gasteiger partial charge is 0.0834 e. The van der Waals surface area contributed by atoms with Crippen molar-refractivity contribution in [2.75, 3.05) is 0 Å². The molecule has 0 bridgehead atoms. The summed E-state index contributed by atoms with van der Waals surface area (Å²) in [5.41, 5.74) is 0.00140. The molecule has 0 spiro atoms. The average Bonchev–Trinajstić information content (AvgIpc) is 1.96. The summed E-state index contributed by atoms with van der Waals surface area (Å²) >= 11 is 0. The van der Waals surface area contributed by atoms with Gasteiger partial charge in [0.1, 0.15) is 0 Å². The predicted molar refractivity (Wildman–Crippen MR) is 54.1 cm³/mol. The lowest BCUT2D eigenvalue weighted by molar-refractivity contribution is 0.124. The first-order chi connectivity index (χ1) is 5.48. The molecule has 12 heavy (non-hydrogen) atoms. The fraction of sp³-hybridized carbons (Fsp3) is 0.636. The largest absolute Gasteiger partial charge is 0.386 e. The summed E-state index contributed by atoms with van der Waals surface area (Å²) in [7, 11) is 0. The van der Waals surface area contributed by atoms with Gasteiger partial charge in [-0.3, -0.25) is 0 Å². The van der Waals surface area contributed by atoms with Crippen LogP contribution in [0.4, 0.5) is 0 Å². The van der Waals surface area contributed by atoms with E-state index in [9.17, 15) is 5.11 Å². The molecular formula is C11H20O. The van der Waals surface area contributed by atoms with Crippen LogP contribution in [0.2, 0.25) is 0 Å². The monoisotopic (exact) mass is 168 g/mol. The summed E-state index contributed by atoms with van der Waals surface area (Å²) in [6.45, 7) is 9.45. The Balaban J connectivity index is 3.77. The molecule has 70 valence electrons. The summed E-state index contributed by atoms with van der Waals surface area (Å²) < 4.78 is 0. The van der Waals surface area contributed by atoms with Crippen LogP contribution in [0.25, 0.3) is 0 Å². The van der Waals surface area contributed by atoms with Crippen molar-refractivity contribution in [3.05, 3.63) is 24.3 Å². The van der Waals surface area contributed by atoms with Gasteiger partial charge in [-0.2, -0.15) is 0 Å². The molecule has 1 heteroatoms. The number of hydrogen-bond acceptors (Lipinski definition) is 1. The number of hydrogen-bond donors (Lipinski definition) is 1. The Morgan fingerprint density at radius 1 is 1.50 bits per heavy atom. The maximum atomic E-state index is 9.49. The van der Waals surface area contributed by atoms with Crippen molar-refractivity contribution in [3.63, 3.8) is 0 Å². The van der Waals surface area contributed by atoms with E-state index in [0.29, 0.717) is 0 Å². The fourth-order valence-electron chi connectivity index (χ4n) is 0.752. The molecule has 0 unspecified atom stereocenters. The molecule has 0 aromatic heterocycles. The van der Waals surface area contributed by atoms with E-state index in [4.69, 9.17) is 0 Å². The lowest BCUT2D eigenvalue weighted by Gasteiger charge is -2.17. The molecule has 0 aromatic rings. The summed E-state index contributed by atoms with van der Waals surface area (Å²) in [5, 5.41) is 9.49. The third kappa shape index (κ3) is 5.14. The zero-order chi connectivity index (χ0) is 9.61. The molecule has 0 radical (unpaired) electrons. The van der Waals surface area contributed by atoms with Crippen LogP contribution in [0.15, 0.2) is 24.3 Å². The third-order valence-corrected chi connectivity index (χ3v) is 1.83. The van der Waals surface area contributed by atoms with Gasteiger partial charge in [-0.05, 0) is 25.8 Å². The lowest BCUT2D eigenvalue weighted by atomic mass is 9.99. The van der Waals surface area contributed by atoms with Gasteiger partial charge in [0.25, 0.3) is 0 Å².